The van der Waals surface area contributed by atoms with Gasteiger partial charge >= 0.3 is 0 Å². The molecule has 0 aliphatic carbocycles. The van der Waals surface area contributed by atoms with E-state index in [1.807, 2.05) is 24.5 Å². The van der Waals surface area contributed by atoms with E-state index in [4.69, 9.17) is 4.74 Å². The SMILES string of the molecule is COCCNCc1cn(Cc2nc3ccccc3s2)cn1. The number of ether oxygens (including phenoxy) is 1. The zero-order chi connectivity index (χ0) is 14.5. The first kappa shape index (κ1) is 14.2. The van der Waals surface area contributed by atoms with Crippen LogP contribution in [-0.4, -0.2) is 34.8 Å². The lowest BCUT2D eigenvalue weighted by Crippen LogP contribution is -2.18. The van der Waals surface area contributed by atoms with Crippen molar-refractivity contribution in [2.45, 2.75) is 13.1 Å². The molecule has 0 saturated heterocycles. The molecule has 0 unspecified atom stereocenters. The Kier molecular flexibility index (Phi) is 4.59. The van der Waals surface area contributed by atoms with Crippen molar-refractivity contribution in [3.8, 4) is 0 Å². The topological polar surface area (TPSA) is 52.0 Å². The van der Waals surface area contributed by atoms with Gasteiger partial charge in [-0.25, -0.2) is 9.97 Å². The van der Waals surface area contributed by atoms with Gasteiger partial charge in [0.15, 0.2) is 0 Å². The molecule has 0 spiro atoms. The Labute approximate surface area is 127 Å². The molecule has 2 aromatic heterocycles. The fourth-order valence-electron chi connectivity index (χ4n) is 2.12. The van der Waals surface area contributed by atoms with Crippen LogP contribution in [0.2, 0.25) is 0 Å². The minimum atomic E-state index is 0.715. The lowest BCUT2D eigenvalue weighted by molar-refractivity contribution is 0.199. The lowest BCUT2D eigenvalue weighted by atomic mass is 10.3. The van der Waals surface area contributed by atoms with Gasteiger partial charge in [0.1, 0.15) is 5.01 Å². The van der Waals surface area contributed by atoms with Crippen LogP contribution in [-0.2, 0) is 17.8 Å². The van der Waals surface area contributed by atoms with Crippen molar-refractivity contribution in [1.29, 1.82) is 0 Å². The van der Waals surface area contributed by atoms with Crippen LogP contribution < -0.4 is 5.32 Å². The fraction of sp³-hybridized carbons (Fsp3) is 0.333. The van der Waals surface area contributed by atoms with Gasteiger partial charge in [-0.3, -0.25) is 0 Å². The summed E-state index contributed by atoms with van der Waals surface area (Å²) in [5, 5.41) is 4.39. The molecule has 21 heavy (non-hydrogen) atoms. The summed E-state index contributed by atoms with van der Waals surface area (Å²) in [4.78, 5) is 9.04. The molecule has 0 amide bonds. The van der Waals surface area contributed by atoms with E-state index >= 15 is 0 Å². The van der Waals surface area contributed by atoms with Crippen LogP contribution in [0.15, 0.2) is 36.8 Å². The highest BCUT2D eigenvalue weighted by Gasteiger charge is 2.05. The molecule has 0 radical (unpaired) electrons. The van der Waals surface area contributed by atoms with Crippen LogP contribution in [0.25, 0.3) is 10.2 Å². The number of rotatable bonds is 7. The van der Waals surface area contributed by atoms with Crippen LogP contribution in [0, 0.1) is 0 Å². The van der Waals surface area contributed by atoms with E-state index in [0.29, 0.717) is 6.61 Å². The number of thiazole rings is 1. The first-order chi connectivity index (χ1) is 10.3. The summed E-state index contributed by atoms with van der Waals surface area (Å²) in [6, 6.07) is 8.22. The van der Waals surface area contributed by atoms with Gasteiger partial charge in [0.25, 0.3) is 0 Å². The molecule has 0 bridgehead atoms. The second kappa shape index (κ2) is 6.80. The third-order valence-corrected chi connectivity index (χ3v) is 4.15. The Morgan fingerprint density at radius 3 is 3.10 bits per heavy atom. The highest BCUT2D eigenvalue weighted by Crippen LogP contribution is 2.22. The van der Waals surface area contributed by atoms with Crippen molar-refractivity contribution >= 4 is 21.6 Å². The Hall–Kier alpha value is -1.76. The van der Waals surface area contributed by atoms with Crippen molar-refractivity contribution in [2.75, 3.05) is 20.3 Å². The van der Waals surface area contributed by atoms with Crippen LogP contribution in [0.5, 0.6) is 0 Å². The Morgan fingerprint density at radius 2 is 2.24 bits per heavy atom. The standard InChI is InChI=1S/C15H18N4OS/c1-20-7-6-16-8-12-9-19(11-17-12)10-15-18-13-4-2-3-5-14(13)21-15/h2-5,9,11,16H,6-8,10H2,1H3. The van der Waals surface area contributed by atoms with Gasteiger partial charge < -0.3 is 14.6 Å². The summed E-state index contributed by atoms with van der Waals surface area (Å²) in [6.45, 7) is 3.08. The number of hydrogen-bond acceptors (Lipinski definition) is 5. The zero-order valence-corrected chi connectivity index (χ0v) is 12.8. The lowest BCUT2D eigenvalue weighted by Gasteiger charge is -2.00. The summed E-state index contributed by atoms with van der Waals surface area (Å²) in [5.41, 5.74) is 2.10. The summed E-state index contributed by atoms with van der Waals surface area (Å²) >= 11 is 1.73. The largest absolute Gasteiger partial charge is 0.383 e. The third kappa shape index (κ3) is 3.66. The van der Waals surface area contributed by atoms with E-state index in [1.165, 1.54) is 4.70 Å². The number of hydrogen-bond donors (Lipinski definition) is 1. The van der Waals surface area contributed by atoms with Crippen LogP contribution >= 0.6 is 11.3 Å². The number of aromatic nitrogens is 3. The number of benzene rings is 1. The second-order valence-electron chi connectivity index (χ2n) is 4.78. The predicted octanol–water partition coefficient (Wildman–Crippen LogP) is 2.28. The first-order valence-electron chi connectivity index (χ1n) is 6.90. The van der Waals surface area contributed by atoms with Crippen molar-refractivity contribution in [3.05, 3.63) is 47.5 Å². The molecule has 3 aromatic rings. The van der Waals surface area contributed by atoms with Gasteiger partial charge in [-0.2, -0.15) is 0 Å². The zero-order valence-electron chi connectivity index (χ0n) is 12.0. The van der Waals surface area contributed by atoms with E-state index in [1.54, 1.807) is 18.4 Å². The van der Waals surface area contributed by atoms with Crippen LogP contribution in [0.3, 0.4) is 0 Å². The van der Waals surface area contributed by atoms with Crippen molar-refractivity contribution in [1.82, 2.24) is 19.9 Å². The molecule has 0 aliphatic heterocycles. The van der Waals surface area contributed by atoms with Gasteiger partial charge in [0.05, 0.1) is 35.4 Å². The highest BCUT2D eigenvalue weighted by molar-refractivity contribution is 7.18. The molecule has 0 fully saturated rings. The molecule has 1 aromatic carbocycles. The summed E-state index contributed by atoms with van der Waals surface area (Å²) in [5.74, 6) is 0. The Balaban J connectivity index is 1.61. The Morgan fingerprint density at radius 1 is 1.33 bits per heavy atom. The maximum Gasteiger partial charge on any atom is 0.114 e. The van der Waals surface area contributed by atoms with Gasteiger partial charge in [0.2, 0.25) is 0 Å². The van der Waals surface area contributed by atoms with Gasteiger partial charge in [-0.05, 0) is 12.1 Å². The van der Waals surface area contributed by atoms with Crippen LogP contribution in [0.4, 0.5) is 0 Å². The fourth-order valence-corrected chi connectivity index (χ4v) is 3.09. The summed E-state index contributed by atoms with van der Waals surface area (Å²) < 4.78 is 8.30. The molecule has 0 atom stereocenters. The van der Waals surface area contributed by atoms with Gasteiger partial charge in [-0.15, -0.1) is 11.3 Å². The number of para-hydroxylation sites is 1. The summed E-state index contributed by atoms with van der Waals surface area (Å²) in [6.07, 6.45) is 3.92. The average Bonchev–Trinajstić information content (AvgIpc) is 3.10. The van der Waals surface area contributed by atoms with Crippen LogP contribution in [0.1, 0.15) is 10.7 Å². The molecule has 2 heterocycles. The van der Waals surface area contributed by atoms with Gasteiger partial charge in [-0.1, -0.05) is 12.1 Å². The molecule has 3 rings (SSSR count). The maximum atomic E-state index is 5.00. The number of nitrogens with zero attached hydrogens (tertiary/aromatic N) is 3. The minimum Gasteiger partial charge on any atom is -0.383 e. The van der Waals surface area contributed by atoms with Gasteiger partial charge in [0, 0.05) is 26.4 Å². The third-order valence-electron chi connectivity index (χ3n) is 3.13. The molecular formula is C15H18N4OS. The molecule has 0 aliphatic rings. The number of imidazole rings is 1. The molecule has 1 N–H and O–H groups in total. The Bertz CT molecular complexity index is 673. The van der Waals surface area contributed by atoms with E-state index in [2.05, 4.69) is 32.1 Å². The monoisotopic (exact) mass is 302 g/mol. The van der Waals surface area contributed by atoms with E-state index in [-0.39, 0.29) is 0 Å². The van der Waals surface area contributed by atoms with Crippen molar-refractivity contribution in [3.63, 3.8) is 0 Å². The van der Waals surface area contributed by atoms with E-state index in [0.717, 1.165) is 35.9 Å². The molecule has 0 saturated carbocycles. The first-order valence-corrected chi connectivity index (χ1v) is 7.71. The second-order valence-corrected chi connectivity index (χ2v) is 5.90. The quantitative estimate of drug-likeness (QED) is 0.680. The molecule has 5 nitrogen and oxygen atoms in total. The normalized spacial score (nSPS) is 11.3. The van der Waals surface area contributed by atoms with E-state index < -0.39 is 0 Å². The molecule has 110 valence electrons. The minimum absolute atomic E-state index is 0.715. The number of fused-ring (bicyclic) bond motifs is 1. The van der Waals surface area contributed by atoms with Crippen molar-refractivity contribution in [2.24, 2.45) is 0 Å². The number of methoxy groups -OCH3 is 1. The average molecular weight is 302 g/mol. The smallest absolute Gasteiger partial charge is 0.114 e. The molecular weight excluding hydrogens is 284 g/mol. The highest BCUT2D eigenvalue weighted by atomic mass is 32.1. The van der Waals surface area contributed by atoms with Crippen molar-refractivity contribution < 1.29 is 4.74 Å². The van der Waals surface area contributed by atoms with E-state index in [9.17, 15) is 0 Å². The number of nitrogens with one attached hydrogen (secondary N) is 1. The molecule has 6 heteroatoms. The summed E-state index contributed by atoms with van der Waals surface area (Å²) in [7, 11) is 1.70. The predicted molar refractivity (Wildman–Crippen MR) is 84.5 cm³/mol. The maximum absolute atomic E-state index is 5.00.